The summed E-state index contributed by atoms with van der Waals surface area (Å²) in [6.07, 6.45) is 1.55. The van der Waals surface area contributed by atoms with Crippen LogP contribution in [0.15, 0.2) is 42.6 Å². The number of nitrogens with one attached hydrogen (secondary N) is 1. The van der Waals surface area contributed by atoms with E-state index in [1.54, 1.807) is 35.0 Å². The predicted molar refractivity (Wildman–Crippen MR) is 100 cm³/mol. The zero-order valence-electron chi connectivity index (χ0n) is 14.7. The number of carbonyl (C=O) groups is 2. The molecule has 2 amide bonds. The van der Waals surface area contributed by atoms with E-state index in [0.717, 1.165) is 5.56 Å². The van der Waals surface area contributed by atoms with Crippen LogP contribution in [0.25, 0.3) is 0 Å². The van der Waals surface area contributed by atoms with Gasteiger partial charge in [0.2, 0.25) is 11.8 Å². The summed E-state index contributed by atoms with van der Waals surface area (Å²) in [5, 5.41) is 2.76. The van der Waals surface area contributed by atoms with E-state index >= 15 is 0 Å². The van der Waals surface area contributed by atoms with Crippen LogP contribution in [-0.2, 0) is 4.79 Å². The van der Waals surface area contributed by atoms with Crippen molar-refractivity contribution in [3.8, 4) is 5.88 Å². The highest BCUT2D eigenvalue weighted by Gasteiger charge is 2.57. The SMILES string of the molecule is COc1ccc(NC(=O)[C@@H]2N3C(=O)c4ccccc4[C@@H]3SC2(C)C)cn1. The lowest BCUT2D eigenvalue weighted by Gasteiger charge is -2.29. The largest absolute Gasteiger partial charge is 0.481 e. The van der Waals surface area contributed by atoms with Crippen molar-refractivity contribution in [2.75, 3.05) is 12.4 Å². The van der Waals surface area contributed by atoms with Gasteiger partial charge >= 0.3 is 0 Å². The van der Waals surface area contributed by atoms with Crippen molar-refractivity contribution in [1.82, 2.24) is 9.88 Å². The van der Waals surface area contributed by atoms with Crippen molar-refractivity contribution in [2.24, 2.45) is 0 Å². The Hall–Kier alpha value is -2.54. The third-order valence-corrected chi connectivity index (χ3v) is 6.29. The van der Waals surface area contributed by atoms with E-state index in [1.165, 1.54) is 7.11 Å². The first-order valence-corrected chi connectivity index (χ1v) is 9.20. The average molecular weight is 369 g/mol. The maximum absolute atomic E-state index is 13.0. The number of ether oxygens (including phenoxy) is 1. The van der Waals surface area contributed by atoms with Gasteiger partial charge in [0.15, 0.2) is 0 Å². The normalized spacial score (nSPS) is 22.7. The number of rotatable bonds is 3. The molecule has 6 nitrogen and oxygen atoms in total. The second-order valence-electron chi connectivity index (χ2n) is 6.85. The van der Waals surface area contributed by atoms with Crippen LogP contribution in [-0.4, -0.2) is 39.6 Å². The lowest BCUT2D eigenvalue weighted by atomic mass is 10.0. The molecule has 4 rings (SSSR count). The Labute approximate surface area is 155 Å². The highest BCUT2D eigenvalue weighted by atomic mass is 32.2. The summed E-state index contributed by atoms with van der Waals surface area (Å²) in [6, 6.07) is 10.4. The Morgan fingerprint density at radius 2 is 2.04 bits per heavy atom. The van der Waals surface area contributed by atoms with Gasteiger partial charge in [0.05, 0.1) is 19.0 Å². The van der Waals surface area contributed by atoms with E-state index in [1.807, 2.05) is 38.1 Å². The number of methoxy groups -OCH3 is 1. The fraction of sp³-hybridized carbons (Fsp3) is 0.316. The summed E-state index contributed by atoms with van der Waals surface area (Å²) in [5.41, 5.74) is 2.24. The minimum absolute atomic E-state index is 0.0864. The monoisotopic (exact) mass is 369 g/mol. The fourth-order valence-electron chi connectivity index (χ4n) is 3.59. The predicted octanol–water partition coefficient (Wildman–Crippen LogP) is 3.08. The van der Waals surface area contributed by atoms with Gasteiger partial charge in [0, 0.05) is 16.4 Å². The Bertz CT molecular complexity index is 882. The van der Waals surface area contributed by atoms with Gasteiger partial charge in [-0.2, -0.15) is 0 Å². The number of amides is 2. The minimum atomic E-state index is -0.570. The van der Waals surface area contributed by atoms with Gasteiger partial charge in [0.1, 0.15) is 11.4 Å². The molecule has 1 N–H and O–H groups in total. The lowest BCUT2D eigenvalue weighted by molar-refractivity contribution is -0.121. The highest BCUT2D eigenvalue weighted by molar-refractivity contribution is 8.01. The van der Waals surface area contributed by atoms with Gasteiger partial charge in [-0.25, -0.2) is 4.98 Å². The van der Waals surface area contributed by atoms with Crippen LogP contribution in [0, 0.1) is 0 Å². The average Bonchev–Trinajstić information content (AvgIpc) is 3.06. The summed E-state index contributed by atoms with van der Waals surface area (Å²) in [6.45, 7) is 4.00. The molecular weight excluding hydrogens is 350 g/mol. The van der Waals surface area contributed by atoms with Crippen molar-refractivity contribution < 1.29 is 14.3 Å². The molecule has 0 spiro atoms. The van der Waals surface area contributed by atoms with Crippen LogP contribution in [0.2, 0.25) is 0 Å². The van der Waals surface area contributed by atoms with Crippen molar-refractivity contribution in [3.05, 3.63) is 53.7 Å². The molecule has 0 unspecified atom stereocenters. The summed E-state index contributed by atoms with van der Waals surface area (Å²) in [7, 11) is 1.54. The van der Waals surface area contributed by atoms with Crippen LogP contribution in [0.5, 0.6) is 5.88 Å². The summed E-state index contributed by atoms with van der Waals surface area (Å²) in [5.74, 6) is 0.180. The maximum Gasteiger partial charge on any atom is 0.256 e. The third-order valence-electron chi connectivity index (χ3n) is 4.76. The first kappa shape index (κ1) is 16.9. The molecule has 7 heteroatoms. The van der Waals surface area contributed by atoms with E-state index in [2.05, 4.69) is 10.3 Å². The molecule has 134 valence electrons. The minimum Gasteiger partial charge on any atom is -0.481 e. The molecule has 1 fully saturated rings. The lowest BCUT2D eigenvalue weighted by Crippen LogP contribution is -2.50. The van der Waals surface area contributed by atoms with Crippen LogP contribution in [0.4, 0.5) is 5.69 Å². The molecule has 26 heavy (non-hydrogen) atoms. The molecule has 2 aliphatic heterocycles. The second kappa shape index (κ2) is 6.02. The van der Waals surface area contributed by atoms with Crippen molar-refractivity contribution in [2.45, 2.75) is 30.0 Å². The van der Waals surface area contributed by atoms with E-state index in [0.29, 0.717) is 17.1 Å². The van der Waals surface area contributed by atoms with Crippen LogP contribution in [0.3, 0.4) is 0 Å². The molecule has 3 heterocycles. The molecule has 1 aromatic heterocycles. The number of pyridine rings is 1. The highest BCUT2D eigenvalue weighted by Crippen LogP contribution is 2.56. The van der Waals surface area contributed by atoms with Crippen molar-refractivity contribution in [3.63, 3.8) is 0 Å². The fourth-order valence-corrected chi connectivity index (χ4v) is 5.18. The Morgan fingerprint density at radius 3 is 2.73 bits per heavy atom. The molecule has 0 saturated carbocycles. The van der Waals surface area contributed by atoms with Crippen molar-refractivity contribution >= 4 is 29.3 Å². The zero-order chi connectivity index (χ0) is 18.5. The number of hydrogen-bond donors (Lipinski definition) is 1. The summed E-state index contributed by atoms with van der Waals surface area (Å²) >= 11 is 1.65. The molecule has 2 atom stereocenters. The molecule has 1 aromatic carbocycles. The smallest absolute Gasteiger partial charge is 0.256 e. The maximum atomic E-state index is 13.0. The van der Waals surface area contributed by atoms with Gasteiger partial charge in [-0.15, -0.1) is 11.8 Å². The summed E-state index contributed by atoms with van der Waals surface area (Å²) in [4.78, 5) is 31.8. The first-order valence-electron chi connectivity index (χ1n) is 8.32. The summed E-state index contributed by atoms with van der Waals surface area (Å²) < 4.78 is 4.63. The first-order chi connectivity index (χ1) is 12.4. The number of benzene rings is 1. The number of fused-ring (bicyclic) bond motifs is 3. The molecule has 0 bridgehead atoms. The standard InChI is InChI=1S/C19H19N3O3S/c1-19(2)15(16(23)21-11-8-9-14(25-3)20-10-11)22-17(24)12-6-4-5-7-13(12)18(22)26-19/h4-10,15,18H,1-3H3,(H,21,23)/t15-,18-/m0/s1. The molecular formula is C19H19N3O3S. The van der Waals surface area contributed by atoms with Gasteiger partial charge in [-0.05, 0) is 31.5 Å². The van der Waals surface area contributed by atoms with E-state index < -0.39 is 10.8 Å². The molecule has 1 saturated heterocycles. The second-order valence-corrected chi connectivity index (χ2v) is 8.59. The number of aromatic nitrogens is 1. The quantitative estimate of drug-likeness (QED) is 0.900. The molecule has 2 aliphatic rings. The van der Waals surface area contributed by atoms with Crippen LogP contribution < -0.4 is 10.1 Å². The molecule has 0 radical (unpaired) electrons. The van der Waals surface area contributed by atoms with Gasteiger partial charge < -0.3 is 15.0 Å². The third kappa shape index (κ3) is 2.54. The number of hydrogen-bond acceptors (Lipinski definition) is 5. The number of anilines is 1. The molecule has 2 aromatic rings. The van der Waals surface area contributed by atoms with E-state index in [4.69, 9.17) is 4.74 Å². The van der Waals surface area contributed by atoms with E-state index in [-0.39, 0.29) is 17.2 Å². The number of nitrogens with zero attached hydrogens (tertiary/aromatic N) is 2. The van der Waals surface area contributed by atoms with E-state index in [9.17, 15) is 9.59 Å². The topological polar surface area (TPSA) is 71.5 Å². The van der Waals surface area contributed by atoms with Gasteiger partial charge in [-0.1, -0.05) is 18.2 Å². The number of carbonyl (C=O) groups excluding carboxylic acids is 2. The molecule has 0 aliphatic carbocycles. The van der Waals surface area contributed by atoms with Gasteiger partial charge in [0.25, 0.3) is 5.91 Å². The Morgan fingerprint density at radius 1 is 1.27 bits per heavy atom. The van der Waals surface area contributed by atoms with Crippen molar-refractivity contribution in [1.29, 1.82) is 0 Å². The zero-order valence-corrected chi connectivity index (χ0v) is 15.5. The van der Waals surface area contributed by atoms with Gasteiger partial charge in [-0.3, -0.25) is 9.59 Å². The van der Waals surface area contributed by atoms with Crippen LogP contribution >= 0.6 is 11.8 Å². The Kier molecular flexibility index (Phi) is 3.91. The van der Waals surface area contributed by atoms with Crippen LogP contribution in [0.1, 0.15) is 35.1 Å². The number of thioether (sulfide) groups is 1. The Balaban J connectivity index is 1.63.